The summed E-state index contributed by atoms with van der Waals surface area (Å²) in [5.74, 6) is -0.722. The molecule has 0 spiro atoms. The average Bonchev–Trinajstić information content (AvgIpc) is 3.46. The Morgan fingerprint density at radius 3 is 0.800 bits per heavy atom. The maximum atomic E-state index is 13.0. The number of carbonyl (C=O) groups is 4. The standard InChI is InChI=1S/C66H128O17P2/c1-7-9-11-13-14-15-16-17-18-19-20-21-22-23-24-25-32-38-44-50-65(70)83-62(55-77-64(69)49-43-37-31-27-26-29-35-40-46-58(3)4)57-81-85(74,75)79-53-60(67)52-78-84(72,73)80-56-61(54-76-63(68)48-42-34-12-10-8-2)82-66(71)51-45-39-33-28-30-36-41-47-59(5)6/h58-62,67H,7-57H2,1-6H3,(H,72,73)(H,74,75)/t60-,61+,62+/m0/s1. The molecule has 0 heterocycles. The van der Waals surface area contributed by atoms with E-state index in [1.54, 1.807) is 0 Å². The van der Waals surface area contributed by atoms with Gasteiger partial charge in [-0.25, -0.2) is 9.13 Å². The molecule has 0 radical (unpaired) electrons. The number of aliphatic hydroxyl groups excluding tert-OH is 1. The highest BCUT2D eigenvalue weighted by Gasteiger charge is 2.30. The zero-order chi connectivity index (χ0) is 62.9. The Morgan fingerprint density at radius 2 is 0.541 bits per heavy atom. The van der Waals surface area contributed by atoms with E-state index in [0.29, 0.717) is 31.6 Å². The predicted molar refractivity (Wildman–Crippen MR) is 340 cm³/mol. The SMILES string of the molecule is CCCCCCCCCCCCCCCCCCCCCC(=O)O[C@H](COC(=O)CCCCCCCCCCC(C)C)COP(=O)(O)OC[C@@H](O)COP(=O)(O)OC[C@@H](COC(=O)CCCCCCC)OC(=O)CCCCCCCCCC(C)C. The molecule has 2 unspecified atom stereocenters. The molecule has 0 aliphatic carbocycles. The van der Waals surface area contributed by atoms with E-state index in [-0.39, 0.29) is 25.7 Å². The van der Waals surface area contributed by atoms with Gasteiger partial charge < -0.3 is 33.8 Å². The Kier molecular flexibility index (Phi) is 57.1. The molecule has 19 heteroatoms. The van der Waals surface area contributed by atoms with Crippen LogP contribution in [0.4, 0.5) is 0 Å². The summed E-state index contributed by atoms with van der Waals surface area (Å²) >= 11 is 0. The minimum Gasteiger partial charge on any atom is -0.462 e. The zero-order valence-electron chi connectivity index (χ0n) is 54.9. The normalized spacial score (nSPS) is 14.2. The van der Waals surface area contributed by atoms with E-state index in [1.165, 1.54) is 141 Å². The third-order valence-electron chi connectivity index (χ3n) is 15.2. The maximum absolute atomic E-state index is 13.0. The predicted octanol–water partition coefficient (Wildman–Crippen LogP) is 18.4. The molecule has 0 rings (SSSR count). The van der Waals surface area contributed by atoms with Crippen molar-refractivity contribution in [2.45, 2.75) is 349 Å². The van der Waals surface area contributed by atoms with Gasteiger partial charge in [-0.05, 0) is 37.5 Å². The second-order valence-corrected chi connectivity index (χ2v) is 27.7. The van der Waals surface area contributed by atoms with Crippen LogP contribution in [0.2, 0.25) is 0 Å². The molecule has 0 saturated heterocycles. The first-order chi connectivity index (χ1) is 40.9. The van der Waals surface area contributed by atoms with Crippen LogP contribution >= 0.6 is 15.6 Å². The highest BCUT2D eigenvalue weighted by atomic mass is 31.2. The number of hydrogen-bond donors (Lipinski definition) is 3. The molecule has 0 aliphatic heterocycles. The van der Waals surface area contributed by atoms with Crippen LogP contribution in [0.1, 0.15) is 330 Å². The van der Waals surface area contributed by atoms with Crippen molar-refractivity contribution in [3.8, 4) is 0 Å². The summed E-state index contributed by atoms with van der Waals surface area (Å²) in [5.41, 5.74) is 0. The van der Waals surface area contributed by atoms with Crippen LogP contribution in [-0.2, 0) is 65.4 Å². The summed E-state index contributed by atoms with van der Waals surface area (Å²) in [6.45, 7) is 9.32. The van der Waals surface area contributed by atoms with Crippen molar-refractivity contribution in [2.24, 2.45) is 11.8 Å². The van der Waals surface area contributed by atoms with Crippen LogP contribution in [0.25, 0.3) is 0 Å². The number of phosphoric acid groups is 2. The number of hydrogen-bond acceptors (Lipinski definition) is 15. The van der Waals surface area contributed by atoms with Gasteiger partial charge in [-0.15, -0.1) is 0 Å². The van der Waals surface area contributed by atoms with E-state index in [9.17, 15) is 43.2 Å². The lowest BCUT2D eigenvalue weighted by molar-refractivity contribution is -0.161. The Labute approximate surface area is 517 Å². The molecule has 0 aromatic rings. The molecule has 0 amide bonds. The van der Waals surface area contributed by atoms with E-state index in [1.807, 2.05) is 0 Å². The zero-order valence-corrected chi connectivity index (χ0v) is 56.7. The summed E-state index contributed by atoms with van der Waals surface area (Å²) in [5, 5.41) is 10.5. The third-order valence-corrected chi connectivity index (χ3v) is 17.1. The fraction of sp³-hybridized carbons (Fsp3) is 0.939. The van der Waals surface area contributed by atoms with Crippen molar-refractivity contribution in [3.63, 3.8) is 0 Å². The number of unbranched alkanes of at least 4 members (excludes halogenated alkanes) is 35. The molecule has 17 nitrogen and oxygen atoms in total. The van der Waals surface area contributed by atoms with Crippen LogP contribution in [0.3, 0.4) is 0 Å². The number of phosphoric ester groups is 2. The van der Waals surface area contributed by atoms with Crippen molar-refractivity contribution in [1.82, 2.24) is 0 Å². The highest BCUT2D eigenvalue weighted by molar-refractivity contribution is 7.47. The van der Waals surface area contributed by atoms with Gasteiger partial charge >= 0.3 is 39.5 Å². The molecule has 5 atom stereocenters. The third kappa shape index (κ3) is 60.7. The lowest BCUT2D eigenvalue weighted by Crippen LogP contribution is -2.30. The Morgan fingerprint density at radius 1 is 0.318 bits per heavy atom. The van der Waals surface area contributed by atoms with Gasteiger partial charge in [0.15, 0.2) is 12.2 Å². The molecule has 0 aliphatic rings. The number of rotatable bonds is 65. The van der Waals surface area contributed by atoms with Gasteiger partial charge in [-0.1, -0.05) is 279 Å². The van der Waals surface area contributed by atoms with E-state index >= 15 is 0 Å². The van der Waals surface area contributed by atoms with Crippen molar-refractivity contribution >= 4 is 39.5 Å². The fourth-order valence-corrected chi connectivity index (χ4v) is 11.5. The minimum absolute atomic E-state index is 0.102. The maximum Gasteiger partial charge on any atom is 0.472 e. The van der Waals surface area contributed by atoms with Gasteiger partial charge in [0.05, 0.1) is 26.4 Å². The topological polar surface area (TPSA) is 237 Å². The Bertz CT molecular complexity index is 1670. The smallest absolute Gasteiger partial charge is 0.462 e. The van der Waals surface area contributed by atoms with Gasteiger partial charge in [0.25, 0.3) is 0 Å². The summed E-state index contributed by atoms with van der Waals surface area (Å²) in [6.07, 6.45) is 42.3. The molecule has 0 saturated carbocycles. The van der Waals surface area contributed by atoms with Gasteiger partial charge in [0, 0.05) is 25.7 Å². The lowest BCUT2D eigenvalue weighted by Gasteiger charge is -2.21. The lowest BCUT2D eigenvalue weighted by atomic mass is 10.0. The number of ether oxygens (including phenoxy) is 4. The second-order valence-electron chi connectivity index (χ2n) is 24.8. The van der Waals surface area contributed by atoms with Gasteiger partial charge in [-0.2, -0.15) is 0 Å². The van der Waals surface area contributed by atoms with Crippen molar-refractivity contribution in [3.05, 3.63) is 0 Å². The first kappa shape index (κ1) is 83.1. The fourth-order valence-electron chi connectivity index (χ4n) is 9.88. The molecule has 0 aromatic carbocycles. The average molecular weight is 1260 g/mol. The molecule has 0 fully saturated rings. The summed E-state index contributed by atoms with van der Waals surface area (Å²) < 4.78 is 67.8. The van der Waals surface area contributed by atoms with Crippen LogP contribution < -0.4 is 0 Å². The first-order valence-corrected chi connectivity index (χ1v) is 37.5. The molecular weight excluding hydrogens is 1130 g/mol. The molecular formula is C66H128O17P2. The van der Waals surface area contributed by atoms with Crippen LogP contribution in [0.15, 0.2) is 0 Å². The van der Waals surface area contributed by atoms with E-state index in [2.05, 4.69) is 41.5 Å². The number of esters is 4. The van der Waals surface area contributed by atoms with Crippen LogP contribution in [0.5, 0.6) is 0 Å². The second kappa shape index (κ2) is 58.4. The minimum atomic E-state index is -4.95. The monoisotopic (exact) mass is 1250 g/mol. The summed E-state index contributed by atoms with van der Waals surface area (Å²) in [6, 6.07) is 0. The van der Waals surface area contributed by atoms with Crippen LogP contribution in [0, 0.1) is 11.8 Å². The molecule has 0 bridgehead atoms. The van der Waals surface area contributed by atoms with Gasteiger partial charge in [0.2, 0.25) is 0 Å². The molecule has 85 heavy (non-hydrogen) atoms. The van der Waals surface area contributed by atoms with Crippen LogP contribution in [-0.4, -0.2) is 96.7 Å². The molecule has 3 N–H and O–H groups in total. The molecule has 0 aromatic heterocycles. The summed E-state index contributed by atoms with van der Waals surface area (Å²) in [4.78, 5) is 72.0. The highest BCUT2D eigenvalue weighted by Crippen LogP contribution is 2.45. The van der Waals surface area contributed by atoms with Crippen molar-refractivity contribution < 1.29 is 80.2 Å². The van der Waals surface area contributed by atoms with E-state index < -0.39 is 97.5 Å². The van der Waals surface area contributed by atoms with Crippen molar-refractivity contribution in [1.29, 1.82) is 0 Å². The Balaban J connectivity index is 5.12. The largest absolute Gasteiger partial charge is 0.472 e. The van der Waals surface area contributed by atoms with E-state index in [0.717, 1.165) is 102 Å². The molecule has 504 valence electrons. The Hall–Kier alpha value is -1.94. The van der Waals surface area contributed by atoms with Gasteiger partial charge in [-0.3, -0.25) is 37.3 Å². The first-order valence-electron chi connectivity index (χ1n) is 34.5. The number of carbonyl (C=O) groups excluding carboxylic acids is 4. The van der Waals surface area contributed by atoms with E-state index in [4.69, 9.17) is 37.0 Å². The quantitative estimate of drug-likeness (QED) is 0.0222. The summed E-state index contributed by atoms with van der Waals surface area (Å²) in [7, 11) is -9.88. The number of aliphatic hydroxyl groups is 1. The van der Waals surface area contributed by atoms with Crippen molar-refractivity contribution in [2.75, 3.05) is 39.6 Å². The van der Waals surface area contributed by atoms with Gasteiger partial charge in [0.1, 0.15) is 19.3 Å².